The van der Waals surface area contributed by atoms with Gasteiger partial charge in [0, 0.05) is 31.1 Å². The number of aryl methyl sites for hydroxylation is 1. The molecule has 1 amide bonds. The predicted octanol–water partition coefficient (Wildman–Crippen LogP) is 5.62. The Bertz CT molecular complexity index is 1490. The smallest absolute Gasteiger partial charge is 0.262 e. The van der Waals surface area contributed by atoms with Crippen LogP contribution < -0.4 is 5.56 Å². The second-order valence-electron chi connectivity index (χ2n) is 10.4. The van der Waals surface area contributed by atoms with E-state index < -0.39 is 5.41 Å². The van der Waals surface area contributed by atoms with Gasteiger partial charge >= 0.3 is 0 Å². The first kappa shape index (κ1) is 27.3. The second kappa shape index (κ2) is 11.8. The summed E-state index contributed by atoms with van der Waals surface area (Å²) in [4.78, 5) is 45.9. The zero-order valence-corrected chi connectivity index (χ0v) is 23.1. The molecule has 1 aromatic heterocycles. The molecule has 0 fully saturated rings. The maximum absolute atomic E-state index is 13.6. The first-order valence-corrected chi connectivity index (χ1v) is 13.7. The fourth-order valence-corrected chi connectivity index (χ4v) is 5.21. The molecule has 0 atom stereocenters. The molecule has 7 heteroatoms. The third kappa shape index (κ3) is 6.58. The maximum Gasteiger partial charge on any atom is 0.262 e. The average molecular weight is 528 g/mol. The van der Waals surface area contributed by atoms with E-state index in [1.807, 2.05) is 81.4 Å². The van der Waals surface area contributed by atoms with E-state index in [-0.39, 0.29) is 23.0 Å². The number of carbonyl (C=O) groups excluding carboxylic acids is 2. The third-order valence-corrected chi connectivity index (χ3v) is 7.39. The topological polar surface area (TPSA) is 72.3 Å². The molecule has 196 valence electrons. The summed E-state index contributed by atoms with van der Waals surface area (Å²) in [6.45, 7) is 6.57. The summed E-state index contributed by atoms with van der Waals surface area (Å²) in [7, 11) is 1.76. The molecule has 3 aromatic carbocycles. The molecule has 0 aliphatic rings. The molecule has 0 radical (unpaired) electrons. The van der Waals surface area contributed by atoms with E-state index in [2.05, 4.69) is 0 Å². The van der Waals surface area contributed by atoms with Crippen molar-refractivity contribution in [1.82, 2.24) is 14.5 Å². The number of thioether (sulfide) groups is 1. The van der Waals surface area contributed by atoms with Crippen molar-refractivity contribution in [3.05, 3.63) is 106 Å². The van der Waals surface area contributed by atoms with Crippen molar-refractivity contribution in [2.75, 3.05) is 12.8 Å². The van der Waals surface area contributed by atoms with Gasteiger partial charge in [0.25, 0.3) is 11.5 Å². The van der Waals surface area contributed by atoms with Crippen LogP contribution in [0.1, 0.15) is 42.3 Å². The van der Waals surface area contributed by atoms with Gasteiger partial charge in [-0.15, -0.1) is 0 Å². The Kier molecular flexibility index (Phi) is 8.47. The minimum atomic E-state index is -0.484. The summed E-state index contributed by atoms with van der Waals surface area (Å²) in [6.07, 6.45) is 0.662. The largest absolute Gasteiger partial charge is 0.337 e. The predicted molar refractivity (Wildman–Crippen MR) is 154 cm³/mol. The van der Waals surface area contributed by atoms with E-state index in [1.165, 1.54) is 11.8 Å². The Morgan fingerprint density at radius 3 is 2.18 bits per heavy atom. The Labute approximate surface area is 227 Å². The fourth-order valence-electron chi connectivity index (χ4n) is 4.02. The normalized spacial score (nSPS) is 11.5. The third-order valence-electron chi connectivity index (χ3n) is 6.41. The number of carbonyl (C=O) groups is 2. The van der Waals surface area contributed by atoms with E-state index >= 15 is 0 Å². The molecule has 6 nitrogen and oxygen atoms in total. The van der Waals surface area contributed by atoms with Gasteiger partial charge in [-0.25, -0.2) is 4.98 Å². The number of benzene rings is 3. The maximum atomic E-state index is 13.6. The lowest BCUT2D eigenvalue weighted by molar-refractivity contribution is -0.123. The van der Waals surface area contributed by atoms with Gasteiger partial charge in [0.1, 0.15) is 5.78 Å². The molecule has 0 N–H and O–H groups in total. The van der Waals surface area contributed by atoms with Crippen molar-refractivity contribution >= 4 is 34.4 Å². The van der Waals surface area contributed by atoms with Crippen LogP contribution in [0.3, 0.4) is 0 Å². The van der Waals surface area contributed by atoms with E-state index in [0.717, 1.165) is 11.1 Å². The zero-order valence-electron chi connectivity index (χ0n) is 22.3. The van der Waals surface area contributed by atoms with Gasteiger partial charge in [-0.1, -0.05) is 93.2 Å². The van der Waals surface area contributed by atoms with Crippen molar-refractivity contribution in [2.45, 2.75) is 45.4 Å². The first-order chi connectivity index (χ1) is 18.1. The monoisotopic (exact) mass is 527 g/mol. The number of aromatic nitrogens is 2. The van der Waals surface area contributed by atoms with Crippen molar-refractivity contribution in [2.24, 2.45) is 5.41 Å². The second-order valence-corrected chi connectivity index (χ2v) is 11.4. The highest BCUT2D eigenvalue weighted by Gasteiger charge is 2.23. The van der Waals surface area contributed by atoms with Gasteiger partial charge in [-0.2, -0.15) is 0 Å². The number of fused-ring (bicyclic) bond motifs is 1. The Morgan fingerprint density at radius 2 is 1.55 bits per heavy atom. The summed E-state index contributed by atoms with van der Waals surface area (Å²) in [6, 6.07) is 24.8. The molecule has 0 bridgehead atoms. The number of hydrogen-bond donors (Lipinski definition) is 0. The van der Waals surface area contributed by atoms with E-state index in [0.29, 0.717) is 41.1 Å². The molecular weight excluding hydrogens is 494 g/mol. The zero-order chi connectivity index (χ0) is 27.3. The molecule has 0 spiro atoms. The molecule has 4 aromatic rings. The number of hydrogen-bond acceptors (Lipinski definition) is 5. The minimum absolute atomic E-state index is 0.0814. The van der Waals surface area contributed by atoms with Crippen LogP contribution in [0.15, 0.2) is 88.8 Å². The molecule has 0 aliphatic heterocycles. The van der Waals surface area contributed by atoms with E-state index in [4.69, 9.17) is 4.98 Å². The average Bonchev–Trinajstić information content (AvgIpc) is 2.91. The highest BCUT2D eigenvalue weighted by atomic mass is 32.2. The standard InChI is InChI=1S/C31H33N3O3S/c1-31(2,3)27(35)21-38-30-32-26-19-24(28(36)33(4)20-23-13-9-6-10-14-23)15-16-25(26)29(37)34(30)18-17-22-11-7-5-8-12-22/h5-16,19H,17-18,20-21H2,1-4H3. The summed E-state index contributed by atoms with van der Waals surface area (Å²) < 4.78 is 1.65. The molecule has 0 unspecified atom stereocenters. The van der Waals surface area contributed by atoms with Gasteiger partial charge in [0.05, 0.1) is 16.7 Å². The molecular formula is C31H33N3O3S. The van der Waals surface area contributed by atoms with Crippen molar-refractivity contribution in [3.63, 3.8) is 0 Å². The number of amides is 1. The van der Waals surface area contributed by atoms with Crippen molar-refractivity contribution in [1.29, 1.82) is 0 Å². The van der Waals surface area contributed by atoms with Crippen molar-refractivity contribution in [3.8, 4) is 0 Å². The summed E-state index contributed by atoms with van der Waals surface area (Å²) >= 11 is 1.28. The molecule has 38 heavy (non-hydrogen) atoms. The van der Waals surface area contributed by atoms with Crippen LogP contribution >= 0.6 is 11.8 Å². The van der Waals surface area contributed by atoms with Gasteiger partial charge < -0.3 is 4.90 Å². The van der Waals surface area contributed by atoms with Crippen LogP contribution in [0.5, 0.6) is 0 Å². The van der Waals surface area contributed by atoms with Crippen molar-refractivity contribution < 1.29 is 9.59 Å². The summed E-state index contributed by atoms with van der Waals surface area (Å²) in [5, 5.41) is 0.935. The minimum Gasteiger partial charge on any atom is -0.337 e. The SMILES string of the molecule is CN(Cc1ccccc1)C(=O)c1ccc2c(=O)n(CCc3ccccc3)c(SCC(=O)C(C)(C)C)nc2c1. The van der Waals surface area contributed by atoms with Gasteiger partial charge in [-0.3, -0.25) is 19.0 Å². The highest BCUT2D eigenvalue weighted by Crippen LogP contribution is 2.24. The van der Waals surface area contributed by atoms with Crippen LogP contribution in [0.25, 0.3) is 10.9 Å². The lowest BCUT2D eigenvalue weighted by Crippen LogP contribution is -2.27. The summed E-state index contributed by atoms with van der Waals surface area (Å²) in [5.41, 5.74) is 2.41. The number of nitrogens with zero attached hydrogens (tertiary/aromatic N) is 3. The molecule has 0 saturated heterocycles. The lowest BCUT2D eigenvalue weighted by atomic mass is 9.92. The van der Waals surface area contributed by atoms with E-state index in [9.17, 15) is 14.4 Å². The number of ketones is 1. The van der Waals surface area contributed by atoms with Gasteiger partial charge in [-0.05, 0) is 35.7 Å². The summed E-state index contributed by atoms with van der Waals surface area (Å²) in [5.74, 6) is 0.145. The van der Waals surface area contributed by atoms with E-state index in [1.54, 1.807) is 34.7 Å². The number of Topliss-reactive ketones (excluding diaryl/α,β-unsaturated/α-hetero) is 1. The Morgan fingerprint density at radius 1 is 0.921 bits per heavy atom. The number of rotatable bonds is 9. The fraction of sp³-hybridized carbons (Fsp3) is 0.290. The quantitative estimate of drug-likeness (QED) is 0.209. The van der Waals surface area contributed by atoms with Crippen LogP contribution in [0.4, 0.5) is 0 Å². The van der Waals surface area contributed by atoms with Crippen LogP contribution in [-0.2, 0) is 24.3 Å². The van der Waals surface area contributed by atoms with Crippen LogP contribution in [-0.4, -0.2) is 38.9 Å². The molecule has 0 aliphatic carbocycles. The van der Waals surface area contributed by atoms with Crippen LogP contribution in [0, 0.1) is 5.41 Å². The molecule has 1 heterocycles. The lowest BCUT2D eigenvalue weighted by Gasteiger charge is -2.19. The molecule has 0 saturated carbocycles. The molecule has 4 rings (SSSR count). The Hall–Kier alpha value is -3.71. The van der Waals surface area contributed by atoms with Gasteiger partial charge in [0.15, 0.2) is 5.16 Å². The highest BCUT2D eigenvalue weighted by molar-refractivity contribution is 7.99. The van der Waals surface area contributed by atoms with Gasteiger partial charge in [0.2, 0.25) is 0 Å². The van der Waals surface area contributed by atoms with Crippen LogP contribution in [0.2, 0.25) is 0 Å². The Balaban J connectivity index is 1.66. The first-order valence-electron chi connectivity index (χ1n) is 12.7.